The number of hydrogen-bond acceptors (Lipinski definition) is 6. The zero-order valence-electron chi connectivity index (χ0n) is 25.7. The van der Waals surface area contributed by atoms with E-state index in [-0.39, 0.29) is 0 Å². The number of benzene rings is 2. The number of carbonyl (C=O) groups is 2. The largest absolute Gasteiger partial charge is 0.444 e. The quantitative estimate of drug-likeness (QED) is 0.262. The van der Waals surface area contributed by atoms with Crippen LogP contribution < -0.4 is 10.6 Å². The second-order valence-electron chi connectivity index (χ2n) is 14.1. The fourth-order valence-electron chi connectivity index (χ4n) is 5.76. The number of nitrogens with one attached hydrogen (secondary N) is 2. The van der Waals surface area contributed by atoms with Gasteiger partial charge in [0.25, 0.3) is 0 Å². The Hall–Kier alpha value is -2.14. The summed E-state index contributed by atoms with van der Waals surface area (Å²) in [6, 6.07) is 15.5. The van der Waals surface area contributed by atoms with Crippen molar-refractivity contribution in [1.29, 1.82) is 0 Å². The molecular formula is C32H44Br2N2O6. The Bertz CT molecular complexity index is 1150. The summed E-state index contributed by atoms with van der Waals surface area (Å²) in [7, 11) is 0. The van der Waals surface area contributed by atoms with Crippen LogP contribution in [0.15, 0.2) is 57.5 Å². The molecule has 2 aliphatic carbocycles. The maximum atomic E-state index is 12.1. The van der Waals surface area contributed by atoms with Gasteiger partial charge in [-0.1, -0.05) is 56.1 Å². The molecule has 2 aromatic carbocycles. The summed E-state index contributed by atoms with van der Waals surface area (Å²) in [5, 5.41) is 26.1. The number of amides is 2. The van der Waals surface area contributed by atoms with E-state index in [1.165, 1.54) is 0 Å². The molecule has 10 heteroatoms. The smallest absolute Gasteiger partial charge is 0.408 e. The topological polar surface area (TPSA) is 117 Å². The number of aliphatic hydroxyl groups is 2. The van der Waals surface area contributed by atoms with Crippen molar-refractivity contribution in [3.05, 3.63) is 68.6 Å². The number of carbonyl (C=O) groups excluding carboxylic acids is 2. The van der Waals surface area contributed by atoms with E-state index >= 15 is 0 Å². The van der Waals surface area contributed by atoms with Crippen LogP contribution in [0.4, 0.5) is 9.59 Å². The molecule has 0 aromatic heterocycles. The van der Waals surface area contributed by atoms with Crippen molar-refractivity contribution in [3.63, 3.8) is 0 Å². The lowest BCUT2D eigenvalue weighted by molar-refractivity contribution is -0.0901. The number of hydrogen-bond donors (Lipinski definition) is 4. The van der Waals surface area contributed by atoms with Crippen LogP contribution >= 0.6 is 31.9 Å². The number of alkyl carbamates (subject to hydrolysis) is 2. The lowest BCUT2D eigenvalue weighted by atomic mass is 9.62. The van der Waals surface area contributed by atoms with Gasteiger partial charge in [-0.15, -0.1) is 0 Å². The highest BCUT2D eigenvalue weighted by atomic mass is 79.9. The number of halogens is 2. The van der Waals surface area contributed by atoms with Gasteiger partial charge in [-0.2, -0.15) is 0 Å². The molecule has 2 saturated carbocycles. The maximum absolute atomic E-state index is 12.1. The van der Waals surface area contributed by atoms with Crippen molar-refractivity contribution in [3.8, 4) is 0 Å². The zero-order chi connectivity index (χ0) is 31.8. The normalized spacial score (nSPS) is 28.7. The van der Waals surface area contributed by atoms with E-state index in [2.05, 4.69) is 42.5 Å². The van der Waals surface area contributed by atoms with Crippen LogP contribution in [-0.4, -0.2) is 44.8 Å². The van der Waals surface area contributed by atoms with Crippen LogP contribution in [0.5, 0.6) is 0 Å². The van der Waals surface area contributed by atoms with E-state index in [4.69, 9.17) is 9.47 Å². The highest BCUT2D eigenvalue weighted by Crippen LogP contribution is 2.49. The molecule has 0 radical (unpaired) electrons. The van der Waals surface area contributed by atoms with E-state index in [9.17, 15) is 19.8 Å². The summed E-state index contributed by atoms with van der Waals surface area (Å²) in [6.07, 6.45) is 0.977. The molecule has 0 aliphatic heterocycles. The summed E-state index contributed by atoms with van der Waals surface area (Å²) in [5.41, 5.74) is -1.79. The lowest BCUT2D eigenvalue weighted by Gasteiger charge is -2.52. The van der Waals surface area contributed by atoms with E-state index in [0.717, 1.165) is 20.1 Å². The molecule has 4 N–H and O–H groups in total. The Morgan fingerprint density at radius 2 is 0.905 bits per heavy atom. The van der Waals surface area contributed by atoms with Gasteiger partial charge in [-0.05, 0) is 90.8 Å². The summed E-state index contributed by atoms with van der Waals surface area (Å²) < 4.78 is 12.6. The van der Waals surface area contributed by atoms with E-state index < -0.39 is 45.7 Å². The van der Waals surface area contributed by atoms with Crippen LogP contribution in [0.3, 0.4) is 0 Å². The van der Waals surface area contributed by atoms with Gasteiger partial charge in [0, 0.05) is 34.6 Å². The summed E-state index contributed by atoms with van der Waals surface area (Å²) >= 11 is 6.81. The van der Waals surface area contributed by atoms with Crippen LogP contribution in [0.1, 0.15) is 92.2 Å². The van der Waals surface area contributed by atoms with Crippen molar-refractivity contribution in [2.45, 2.75) is 115 Å². The molecule has 0 spiro atoms. The highest BCUT2D eigenvalue weighted by Gasteiger charge is 2.54. The van der Waals surface area contributed by atoms with E-state index in [1.807, 2.05) is 90.1 Å². The first-order valence-corrected chi connectivity index (χ1v) is 15.6. The fourth-order valence-corrected chi connectivity index (χ4v) is 6.29. The SMILES string of the molecule is CC1(O)CC(NC(=O)OC(C)(C)C)(c2ccc(Br)cc2)C1.CC1(O)CC(NC(=O)OC(C)(C)C)(c2ccc(Br)cc2)C1. The minimum absolute atomic E-state index is 0.457. The Balaban J connectivity index is 0.000000230. The summed E-state index contributed by atoms with van der Waals surface area (Å²) in [6.45, 7) is 14.5. The zero-order valence-corrected chi connectivity index (χ0v) is 28.9. The fraction of sp³-hybridized carbons (Fsp3) is 0.562. The second-order valence-corrected chi connectivity index (χ2v) is 16.0. The van der Waals surface area contributed by atoms with Crippen molar-refractivity contribution < 1.29 is 29.3 Å². The van der Waals surface area contributed by atoms with E-state index in [1.54, 1.807) is 13.8 Å². The van der Waals surface area contributed by atoms with Crippen molar-refractivity contribution in [2.75, 3.05) is 0 Å². The molecule has 0 heterocycles. The molecule has 2 fully saturated rings. The molecule has 2 aliphatic rings. The number of ether oxygens (including phenoxy) is 2. The molecule has 0 saturated heterocycles. The molecule has 232 valence electrons. The average molecular weight is 713 g/mol. The van der Waals surface area contributed by atoms with Gasteiger partial charge in [-0.3, -0.25) is 0 Å². The molecule has 42 heavy (non-hydrogen) atoms. The molecular weight excluding hydrogens is 668 g/mol. The molecule has 0 atom stereocenters. The van der Waals surface area contributed by atoms with Gasteiger partial charge < -0.3 is 30.3 Å². The van der Waals surface area contributed by atoms with Crippen LogP contribution in [0.2, 0.25) is 0 Å². The maximum Gasteiger partial charge on any atom is 0.408 e. The predicted molar refractivity (Wildman–Crippen MR) is 170 cm³/mol. The van der Waals surface area contributed by atoms with Gasteiger partial charge in [0.2, 0.25) is 0 Å². The third-order valence-electron chi connectivity index (χ3n) is 7.00. The predicted octanol–water partition coefficient (Wildman–Crippen LogP) is 7.43. The Morgan fingerprint density at radius 3 is 1.12 bits per heavy atom. The van der Waals surface area contributed by atoms with Crippen LogP contribution in [0.25, 0.3) is 0 Å². The molecule has 2 aromatic rings. The molecule has 4 rings (SSSR count). The van der Waals surface area contributed by atoms with Gasteiger partial charge in [-0.25, -0.2) is 9.59 Å². The first kappa shape index (κ1) is 34.4. The second kappa shape index (κ2) is 12.1. The van der Waals surface area contributed by atoms with Crippen molar-refractivity contribution in [2.24, 2.45) is 0 Å². The molecule has 0 bridgehead atoms. The Morgan fingerprint density at radius 1 is 0.643 bits per heavy atom. The minimum atomic E-state index is -0.762. The third kappa shape index (κ3) is 9.43. The lowest BCUT2D eigenvalue weighted by Crippen LogP contribution is -2.62. The third-order valence-corrected chi connectivity index (χ3v) is 8.06. The first-order chi connectivity index (χ1) is 19.0. The highest BCUT2D eigenvalue weighted by molar-refractivity contribution is 9.10. The first-order valence-electron chi connectivity index (χ1n) is 14.0. The number of rotatable bonds is 4. The standard InChI is InChI=1S/2C16H22BrNO3/c2*1-14(2,3)21-13(19)18-16(9-15(4,20)10-16)11-5-7-12(17)8-6-11/h2*5-8,20H,9-10H2,1-4H3,(H,18,19). The van der Waals surface area contributed by atoms with Gasteiger partial charge >= 0.3 is 12.2 Å². The Kier molecular flexibility index (Phi) is 9.89. The Labute approximate surface area is 266 Å². The molecule has 8 nitrogen and oxygen atoms in total. The monoisotopic (exact) mass is 710 g/mol. The average Bonchev–Trinajstić information content (AvgIpc) is 2.75. The van der Waals surface area contributed by atoms with Gasteiger partial charge in [0.1, 0.15) is 11.2 Å². The van der Waals surface area contributed by atoms with Gasteiger partial charge in [0.15, 0.2) is 0 Å². The van der Waals surface area contributed by atoms with Crippen LogP contribution in [-0.2, 0) is 20.6 Å². The van der Waals surface area contributed by atoms with Gasteiger partial charge in [0.05, 0.1) is 22.3 Å². The molecule has 2 amide bonds. The summed E-state index contributed by atoms with van der Waals surface area (Å²) in [4.78, 5) is 24.2. The molecule has 0 unspecified atom stereocenters. The van der Waals surface area contributed by atoms with Crippen LogP contribution in [0, 0.1) is 0 Å². The summed E-state index contributed by atoms with van der Waals surface area (Å²) in [5.74, 6) is 0. The van der Waals surface area contributed by atoms with E-state index in [0.29, 0.717) is 25.7 Å². The minimum Gasteiger partial charge on any atom is -0.444 e. The van der Waals surface area contributed by atoms with Crippen molar-refractivity contribution >= 4 is 44.0 Å². The van der Waals surface area contributed by atoms with Crippen molar-refractivity contribution in [1.82, 2.24) is 10.6 Å².